The van der Waals surface area contributed by atoms with E-state index in [4.69, 9.17) is 0 Å². The Kier molecular flexibility index (Phi) is 12.1. The smallest absolute Gasteiger partial charge is 0.191 e. The summed E-state index contributed by atoms with van der Waals surface area (Å²) in [5.74, 6) is 2.07. The Labute approximate surface area is 182 Å². The predicted molar refractivity (Wildman–Crippen MR) is 124 cm³/mol. The molecule has 7 heteroatoms. The maximum atomic E-state index is 13.6. The number of nitrogens with zero attached hydrogens (tertiary/aromatic N) is 1. The van der Waals surface area contributed by atoms with Crippen LogP contribution < -0.4 is 10.6 Å². The first-order valence-corrected chi connectivity index (χ1v) is 9.81. The van der Waals surface area contributed by atoms with Gasteiger partial charge in [-0.05, 0) is 17.2 Å². The molecule has 0 saturated heterocycles. The number of guanidine groups is 1. The SMILES string of the molecule is CN=C(NCCSCc1ccccc1F)NCC(CO)c1ccccc1.I. The Balaban J connectivity index is 0.00000364. The summed E-state index contributed by atoms with van der Waals surface area (Å²) in [7, 11) is 1.72. The summed E-state index contributed by atoms with van der Waals surface area (Å²) in [6, 6.07) is 16.8. The average Bonchev–Trinajstić information content (AvgIpc) is 2.68. The summed E-state index contributed by atoms with van der Waals surface area (Å²) in [4.78, 5) is 4.20. The highest BCUT2D eigenvalue weighted by atomic mass is 127. The molecule has 0 heterocycles. The van der Waals surface area contributed by atoms with E-state index in [2.05, 4.69) is 15.6 Å². The lowest BCUT2D eigenvalue weighted by Gasteiger charge is -2.18. The van der Waals surface area contributed by atoms with Gasteiger partial charge in [0.05, 0.1) is 6.61 Å². The molecule has 0 aliphatic carbocycles. The Hall–Kier alpha value is -1.32. The van der Waals surface area contributed by atoms with Gasteiger partial charge >= 0.3 is 0 Å². The average molecular weight is 503 g/mol. The van der Waals surface area contributed by atoms with Crippen LogP contribution in [-0.4, -0.2) is 43.6 Å². The van der Waals surface area contributed by atoms with Gasteiger partial charge in [0.2, 0.25) is 0 Å². The van der Waals surface area contributed by atoms with Crippen LogP contribution in [0.5, 0.6) is 0 Å². The summed E-state index contributed by atoms with van der Waals surface area (Å²) in [6.45, 7) is 1.41. The van der Waals surface area contributed by atoms with Gasteiger partial charge in [-0.2, -0.15) is 11.8 Å². The van der Waals surface area contributed by atoms with Gasteiger partial charge in [0, 0.05) is 37.6 Å². The van der Waals surface area contributed by atoms with Crippen molar-refractivity contribution in [3.05, 3.63) is 71.5 Å². The molecule has 3 N–H and O–H groups in total. The Bertz CT molecular complexity index is 688. The zero-order valence-corrected chi connectivity index (χ0v) is 18.5. The van der Waals surface area contributed by atoms with E-state index in [9.17, 15) is 9.50 Å². The van der Waals surface area contributed by atoms with E-state index in [0.29, 0.717) is 18.3 Å². The molecule has 4 nitrogen and oxygen atoms in total. The third kappa shape index (κ3) is 8.49. The van der Waals surface area contributed by atoms with Gasteiger partial charge in [0.15, 0.2) is 5.96 Å². The minimum absolute atomic E-state index is 0. The number of aliphatic imine (C=N–C) groups is 1. The van der Waals surface area contributed by atoms with Crippen molar-refractivity contribution in [1.82, 2.24) is 10.6 Å². The number of hydrogen-bond acceptors (Lipinski definition) is 3. The lowest BCUT2D eigenvalue weighted by Crippen LogP contribution is -2.40. The number of aliphatic hydroxyl groups is 1. The van der Waals surface area contributed by atoms with Crippen LogP contribution in [-0.2, 0) is 5.75 Å². The number of halogens is 2. The summed E-state index contributed by atoms with van der Waals surface area (Å²) < 4.78 is 13.6. The van der Waals surface area contributed by atoms with E-state index in [1.54, 1.807) is 24.9 Å². The molecule has 1 atom stereocenters. The van der Waals surface area contributed by atoms with Crippen molar-refractivity contribution in [1.29, 1.82) is 0 Å². The highest BCUT2D eigenvalue weighted by Gasteiger charge is 2.10. The van der Waals surface area contributed by atoms with Crippen LogP contribution in [0.4, 0.5) is 4.39 Å². The summed E-state index contributed by atoms with van der Waals surface area (Å²) in [5, 5.41) is 16.1. The maximum absolute atomic E-state index is 13.6. The van der Waals surface area contributed by atoms with Crippen molar-refractivity contribution in [3.8, 4) is 0 Å². The van der Waals surface area contributed by atoms with Crippen LogP contribution in [0, 0.1) is 5.82 Å². The fraction of sp³-hybridized carbons (Fsp3) is 0.350. The molecule has 2 rings (SSSR count). The lowest BCUT2D eigenvalue weighted by molar-refractivity contribution is 0.265. The monoisotopic (exact) mass is 503 g/mol. The van der Waals surface area contributed by atoms with Crippen molar-refractivity contribution < 1.29 is 9.50 Å². The molecule has 2 aromatic rings. The molecule has 0 aliphatic rings. The van der Waals surface area contributed by atoms with Crippen molar-refractivity contribution in [2.24, 2.45) is 4.99 Å². The van der Waals surface area contributed by atoms with Gasteiger partial charge in [0.1, 0.15) is 5.82 Å². The van der Waals surface area contributed by atoms with Gasteiger partial charge < -0.3 is 15.7 Å². The second-order valence-electron chi connectivity index (χ2n) is 5.81. The Morgan fingerprint density at radius 3 is 2.48 bits per heavy atom. The molecule has 0 fully saturated rings. The fourth-order valence-electron chi connectivity index (χ4n) is 2.49. The van der Waals surface area contributed by atoms with Gasteiger partial charge in [-0.3, -0.25) is 4.99 Å². The Morgan fingerprint density at radius 1 is 1.11 bits per heavy atom. The van der Waals surface area contributed by atoms with E-state index in [0.717, 1.165) is 23.4 Å². The highest BCUT2D eigenvalue weighted by Crippen LogP contribution is 2.15. The molecule has 0 aliphatic heterocycles. The number of nitrogens with one attached hydrogen (secondary N) is 2. The molecule has 0 amide bonds. The van der Waals surface area contributed by atoms with Gasteiger partial charge in [-0.15, -0.1) is 24.0 Å². The minimum atomic E-state index is -0.151. The number of rotatable bonds is 9. The quantitative estimate of drug-likeness (QED) is 0.212. The third-order valence-corrected chi connectivity index (χ3v) is 4.99. The van der Waals surface area contributed by atoms with Crippen LogP contribution in [0.25, 0.3) is 0 Å². The largest absolute Gasteiger partial charge is 0.396 e. The molecule has 2 aromatic carbocycles. The van der Waals surface area contributed by atoms with Gasteiger partial charge in [-0.1, -0.05) is 48.5 Å². The minimum Gasteiger partial charge on any atom is -0.396 e. The molecular weight excluding hydrogens is 476 g/mol. The second-order valence-corrected chi connectivity index (χ2v) is 6.92. The van der Waals surface area contributed by atoms with Gasteiger partial charge in [-0.25, -0.2) is 4.39 Å². The highest BCUT2D eigenvalue weighted by molar-refractivity contribution is 14.0. The zero-order valence-electron chi connectivity index (χ0n) is 15.4. The number of hydrogen-bond donors (Lipinski definition) is 3. The molecule has 1 unspecified atom stereocenters. The Morgan fingerprint density at radius 2 is 1.81 bits per heavy atom. The second kappa shape index (κ2) is 13.8. The normalized spacial score (nSPS) is 12.2. The van der Waals surface area contributed by atoms with Crippen molar-refractivity contribution in [2.45, 2.75) is 11.7 Å². The maximum Gasteiger partial charge on any atom is 0.191 e. The first-order chi connectivity index (χ1) is 12.7. The fourth-order valence-corrected chi connectivity index (χ4v) is 3.34. The van der Waals surface area contributed by atoms with Crippen LogP contribution >= 0.6 is 35.7 Å². The van der Waals surface area contributed by atoms with Crippen LogP contribution in [0.2, 0.25) is 0 Å². The van der Waals surface area contributed by atoms with Crippen molar-refractivity contribution in [3.63, 3.8) is 0 Å². The van der Waals surface area contributed by atoms with Crippen LogP contribution in [0.15, 0.2) is 59.6 Å². The number of thioether (sulfide) groups is 1. The number of aliphatic hydroxyl groups excluding tert-OH is 1. The molecule has 0 radical (unpaired) electrons. The number of benzene rings is 2. The van der Waals surface area contributed by atoms with Crippen LogP contribution in [0.1, 0.15) is 17.0 Å². The zero-order chi connectivity index (χ0) is 18.6. The molecule has 148 valence electrons. The predicted octanol–water partition coefficient (Wildman–Crippen LogP) is 3.62. The summed E-state index contributed by atoms with van der Waals surface area (Å²) in [5.41, 5.74) is 1.83. The molecule has 27 heavy (non-hydrogen) atoms. The molecule has 0 aromatic heterocycles. The van der Waals surface area contributed by atoms with E-state index < -0.39 is 0 Å². The van der Waals surface area contributed by atoms with E-state index >= 15 is 0 Å². The lowest BCUT2D eigenvalue weighted by atomic mass is 10.0. The molecule has 0 spiro atoms. The summed E-state index contributed by atoms with van der Waals surface area (Å²) in [6.07, 6.45) is 0. The standard InChI is InChI=1S/C20H26FN3OS.HI/c1-22-20(24-13-18(14-25)16-7-3-2-4-8-16)23-11-12-26-15-17-9-5-6-10-19(17)21;/h2-10,18,25H,11-15H2,1H3,(H2,22,23,24);1H. The van der Waals surface area contributed by atoms with E-state index in [1.807, 2.05) is 42.5 Å². The van der Waals surface area contributed by atoms with Gasteiger partial charge in [0.25, 0.3) is 0 Å². The first-order valence-electron chi connectivity index (χ1n) is 8.66. The van der Waals surface area contributed by atoms with Crippen LogP contribution in [0.3, 0.4) is 0 Å². The molecular formula is C20H27FIN3OS. The first kappa shape index (κ1) is 23.7. The van der Waals surface area contributed by atoms with Crippen molar-refractivity contribution in [2.75, 3.05) is 32.5 Å². The van der Waals surface area contributed by atoms with E-state index in [1.165, 1.54) is 6.07 Å². The molecule has 0 bridgehead atoms. The van der Waals surface area contributed by atoms with E-state index in [-0.39, 0.29) is 42.3 Å². The third-order valence-electron chi connectivity index (χ3n) is 3.99. The molecule has 0 saturated carbocycles. The topological polar surface area (TPSA) is 56.7 Å². The van der Waals surface area contributed by atoms with Crippen molar-refractivity contribution >= 4 is 41.7 Å². The summed E-state index contributed by atoms with van der Waals surface area (Å²) >= 11 is 1.67.